The van der Waals surface area contributed by atoms with Crippen LogP contribution in [0.2, 0.25) is 0 Å². The molecule has 0 spiro atoms. The molecule has 0 saturated heterocycles. The molecule has 4 aliphatic carbocycles. The summed E-state index contributed by atoms with van der Waals surface area (Å²) in [6, 6.07) is 5.94. The van der Waals surface area contributed by atoms with Crippen LogP contribution in [0.1, 0.15) is 55.3 Å². The number of ether oxygens (including phenoxy) is 2. The number of methoxy groups -OCH3 is 2. The summed E-state index contributed by atoms with van der Waals surface area (Å²) in [5, 5.41) is 14.9. The van der Waals surface area contributed by atoms with E-state index in [1.54, 1.807) is 20.5 Å². The van der Waals surface area contributed by atoms with E-state index in [9.17, 15) is 5.11 Å². The first-order valence-corrected chi connectivity index (χ1v) is 13.2. The van der Waals surface area contributed by atoms with E-state index < -0.39 is 0 Å². The minimum Gasteiger partial charge on any atom is -0.497 e. The second-order valence-electron chi connectivity index (χ2n) is 11.5. The summed E-state index contributed by atoms with van der Waals surface area (Å²) >= 11 is 0. The monoisotopic (exact) mass is 478 g/mol. The molecule has 7 nitrogen and oxygen atoms in total. The van der Waals surface area contributed by atoms with Crippen molar-refractivity contribution in [1.29, 1.82) is 0 Å². The van der Waals surface area contributed by atoms with E-state index >= 15 is 0 Å². The average Bonchev–Trinajstić information content (AvgIpc) is 2.86. The SMILES string of the molecule is COc1ccc(OC)c(CN2CCc3c(ncnc3NCC(O)C34CC5CC(CC(C5)C3)C4)C2)c1. The fraction of sp³-hybridized carbons (Fsp3) is 0.643. The number of aliphatic hydroxyl groups is 1. The molecular weight excluding hydrogens is 440 g/mol. The number of hydrogen-bond acceptors (Lipinski definition) is 7. The molecule has 7 rings (SSSR count). The number of hydrogen-bond donors (Lipinski definition) is 2. The van der Waals surface area contributed by atoms with Crippen LogP contribution in [0.15, 0.2) is 24.5 Å². The molecule has 0 amide bonds. The molecule has 1 unspecified atom stereocenters. The Morgan fingerprint density at radius 3 is 2.51 bits per heavy atom. The second kappa shape index (κ2) is 9.25. The van der Waals surface area contributed by atoms with Crippen LogP contribution in [0, 0.1) is 23.2 Å². The van der Waals surface area contributed by atoms with Gasteiger partial charge >= 0.3 is 0 Å². The number of aromatic nitrogens is 2. The highest BCUT2D eigenvalue weighted by atomic mass is 16.5. The quantitative estimate of drug-likeness (QED) is 0.593. The predicted octanol–water partition coefficient (Wildman–Crippen LogP) is 4.04. The maximum Gasteiger partial charge on any atom is 0.133 e. The van der Waals surface area contributed by atoms with Gasteiger partial charge in [-0.3, -0.25) is 4.90 Å². The van der Waals surface area contributed by atoms with Gasteiger partial charge in [0.1, 0.15) is 23.6 Å². The summed E-state index contributed by atoms with van der Waals surface area (Å²) in [4.78, 5) is 11.6. The normalized spacial score (nSPS) is 30.1. The molecule has 2 aromatic rings. The van der Waals surface area contributed by atoms with Crippen LogP contribution in [-0.2, 0) is 19.5 Å². The van der Waals surface area contributed by atoms with Crippen LogP contribution in [-0.4, -0.2) is 53.4 Å². The molecule has 7 heteroatoms. The second-order valence-corrected chi connectivity index (χ2v) is 11.5. The van der Waals surface area contributed by atoms with Gasteiger partial charge in [0.15, 0.2) is 0 Å². The predicted molar refractivity (Wildman–Crippen MR) is 134 cm³/mol. The van der Waals surface area contributed by atoms with Gasteiger partial charge in [0.05, 0.1) is 26.0 Å². The molecule has 1 aromatic heterocycles. The molecule has 4 fully saturated rings. The molecule has 5 aliphatic rings. The van der Waals surface area contributed by atoms with Crippen molar-refractivity contribution in [3.8, 4) is 11.5 Å². The Balaban J connectivity index is 1.12. The molecule has 4 bridgehead atoms. The van der Waals surface area contributed by atoms with Crippen molar-refractivity contribution in [3.63, 3.8) is 0 Å². The lowest BCUT2D eigenvalue weighted by atomic mass is 9.48. The zero-order chi connectivity index (χ0) is 24.0. The molecule has 2 heterocycles. The zero-order valence-electron chi connectivity index (χ0n) is 21.0. The summed E-state index contributed by atoms with van der Waals surface area (Å²) in [5.41, 5.74) is 3.50. The van der Waals surface area contributed by atoms with E-state index in [0.29, 0.717) is 6.54 Å². The summed E-state index contributed by atoms with van der Waals surface area (Å²) in [6.45, 7) is 3.05. The van der Waals surface area contributed by atoms with Crippen LogP contribution in [0.5, 0.6) is 11.5 Å². The van der Waals surface area contributed by atoms with E-state index in [1.807, 2.05) is 18.2 Å². The van der Waals surface area contributed by atoms with Gasteiger partial charge < -0.3 is 19.9 Å². The van der Waals surface area contributed by atoms with Crippen LogP contribution >= 0.6 is 0 Å². The third kappa shape index (κ3) is 4.38. The van der Waals surface area contributed by atoms with Gasteiger partial charge in [0, 0.05) is 37.3 Å². The van der Waals surface area contributed by atoms with Crippen molar-refractivity contribution in [1.82, 2.24) is 14.9 Å². The molecule has 35 heavy (non-hydrogen) atoms. The first-order valence-electron chi connectivity index (χ1n) is 13.2. The average molecular weight is 479 g/mol. The summed E-state index contributed by atoms with van der Waals surface area (Å²) in [6.07, 6.45) is 10.1. The van der Waals surface area contributed by atoms with Crippen molar-refractivity contribution in [2.45, 2.75) is 64.1 Å². The van der Waals surface area contributed by atoms with Gasteiger partial charge in [-0.25, -0.2) is 9.97 Å². The molecule has 2 N–H and O–H groups in total. The van der Waals surface area contributed by atoms with Crippen molar-refractivity contribution >= 4 is 5.82 Å². The Hall–Kier alpha value is -2.38. The van der Waals surface area contributed by atoms with Crippen LogP contribution < -0.4 is 14.8 Å². The first kappa shape index (κ1) is 23.0. The Bertz CT molecular complexity index is 1040. The number of aliphatic hydroxyl groups excluding tert-OH is 1. The Labute approximate surface area is 208 Å². The fourth-order valence-corrected chi connectivity index (χ4v) is 7.94. The van der Waals surface area contributed by atoms with Crippen molar-refractivity contribution in [2.24, 2.45) is 23.2 Å². The standard InChI is InChI=1S/C28H38N4O3/c1-34-22-3-4-25(35-2)21(10-22)15-32-6-5-23-24(16-32)30-17-31-27(23)29-14-26(33)28-11-18-7-19(12-28)9-20(8-18)13-28/h3-4,10,17-20,26,33H,5-9,11-16H2,1-2H3,(H,29,30,31). The minimum absolute atomic E-state index is 0.126. The molecule has 4 saturated carbocycles. The Kier molecular flexibility index (Phi) is 6.09. The first-order chi connectivity index (χ1) is 17.0. The molecule has 0 radical (unpaired) electrons. The van der Waals surface area contributed by atoms with Gasteiger partial charge in [-0.15, -0.1) is 0 Å². The van der Waals surface area contributed by atoms with Gasteiger partial charge in [0.2, 0.25) is 0 Å². The van der Waals surface area contributed by atoms with Gasteiger partial charge in [-0.2, -0.15) is 0 Å². The van der Waals surface area contributed by atoms with E-state index in [1.165, 1.54) is 44.1 Å². The largest absolute Gasteiger partial charge is 0.497 e. The fourth-order valence-electron chi connectivity index (χ4n) is 7.94. The highest BCUT2D eigenvalue weighted by Crippen LogP contribution is 2.61. The van der Waals surface area contributed by atoms with Crippen LogP contribution in [0.4, 0.5) is 5.82 Å². The lowest BCUT2D eigenvalue weighted by molar-refractivity contribution is -0.115. The number of nitrogens with one attached hydrogen (secondary N) is 1. The summed E-state index contributed by atoms with van der Waals surface area (Å²) in [5.74, 6) is 5.15. The molecule has 1 atom stereocenters. The Morgan fingerprint density at radius 1 is 1.09 bits per heavy atom. The minimum atomic E-state index is -0.304. The van der Waals surface area contributed by atoms with Crippen molar-refractivity contribution in [2.75, 3.05) is 32.6 Å². The summed E-state index contributed by atoms with van der Waals surface area (Å²) in [7, 11) is 3.40. The number of anilines is 1. The van der Waals surface area contributed by atoms with E-state index in [0.717, 1.165) is 72.4 Å². The third-order valence-corrected chi connectivity index (χ3v) is 9.22. The number of rotatable bonds is 8. The summed E-state index contributed by atoms with van der Waals surface area (Å²) < 4.78 is 11.0. The molecule has 1 aliphatic heterocycles. The number of benzene rings is 1. The number of fused-ring (bicyclic) bond motifs is 1. The number of nitrogens with zero attached hydrogens (tertiary/aromatic N) is 3. The van der Waals surface area contributed by atoms with E-state index in [4.69, 9.17) is 9.47 Å². The van der Waals surface area contributed by atoms with Crippen molar-refractivity contribution in [3.05, 3.63) is 41.3 Å². The van der Waals surface area contributed by atoms with Gasteiger partial charge in [-0.05, 0) is 86.3 Å². The van der Waals surface area contributed by atoms with E-state index in [2.05, 4.69) is 20.2 Å². The highest BCUT2D eigenvalue weighted by Gasteiger charge is 2.53. The molecular formula is C28H38N4O3. The Morgan fingerprint density at radius 2 is 1.83 bits per heavy atom. The van der Waals surface area contributed by atoms with Crippen molar-refractivity contribution < 1.29 is 14.6 Å². The van der Waals surface area contributed by atoms with E-state index in [-0.39, 0.29) is 11.5 Å². The van der Waals surface area contributed by atoms with Crippen LogP contribution in [0.3, 0.4) is 0 Å². The van der Waals surface area contributed by atoms with Gasteiger partial charge in [0.25, 0.3) is 0 Å². The third-order valence-electron chi connectivity index (χ3n) is 9.22. The lowest BCUT2D eigenvalue weighted by Gasteiger charge is -2.58. The molecule has 1 aromatic carbocycles. The lowest BCUT2D eigenvalue weighted by Crippen LogP contribution is -2.53. The maximum atomic E-state index is 11.3. The highest BCUT2D eigenvalue weighted by molar-refractivity contribution is 5.47. The topological polar surface area (TPSA) is 79.7 Å². The maximum absolute atomic E-state index is 11.3. The zero-order valence-corrected chi connectivity index (χ0v) is 21.0. The molecule has 188 valence electrons. The van der Waals surface area contributed by atoms with Crippen LogP contribution in [0.25, 0.3) is 0 Å². The van der Waals surface area contributed by atoms with Gasteiger partial charge in [-0.1, -0.05) is 0 Å². The smallest absolute Gasteiger partial charge is 0.133 e.